The molecule has 14 heavy (non-hydrogen) atoms. The molecule has 0 aliphatic carbocycles. The van der Waals surface area contributed by atoms with Crippen LogP contribution in [0.25, 0.3) is 17.0 Å². The van der Waals surface area contributed by atoms with E-state index < -0.39 is 0 Å². The van der Waals surface area contributed by atoms with E-state index in [1.54, 1.807) is 6.26 Å². The predicted molar refractivity (Wildman–Crippen MR) is 59.0 cm³/mol. The Morgan fingerprint density at radius 3 is 3.00 bits per heavy atom. The van der Waals surface area contributed by atoms with Gasteiger partial charge in [0.2, 0.25) is 0 Å². The summed E-state index contributed by atoms with van der Waals surface area (Å²) < 4.78 is 5.13. The number of para-hydroxylation sites is 1. The van der Waals surface area contributed by atoms with Crippen molar-refractivity contribution in [3.8, 4) is 0 Å². The van der Waals surface area contributed by atoms with Crippen LogP contribution in [0.4, 0.5) is 0 Å². The van der Waals surface area contributed by atoms with Gasteiger partial charge < -0.3 is 9.72 Å². The fourth-order valence-corrected chi connectivity index (χ4v) is 1.40. The number of hydrogen-bond donors (Lipinski definition) is 1. The highest BCUT2D eigenvalue weighted by Crippen LogP contribution is 2.15. The molecular weight excluding hydrogens is 174 g/mol. The van der Waals surface area contributed by atoms with Gasteiger partial charge in [0.05, 0.1) is 12.9 Å². The van der Waals surface area contributed by atoms with Crippen LogP contribution >= 0.6 is 0 Å². The van der Waals surface area contributed by atoms with Crippen LogP contribution in [0.15, 0.2) is 36.6 Å². The van der Waals surface area contributed by atoms with Gasteiger partial charge >= 0.3 is 0 Å². The molecule has 2 nitrogen and oxygen atoms in total. The Labute approximate surface area is 83.2 Å². The molecule has 0 aliphatic rings. The zero-order valence-electron chi connectivity index (χ0n) is 8.16. The zero-order valence-corrected chi connectivity index (χ0v) is 8.16. The lowest BCUT2D eigenvalue weighted by molar-refractivity contribution is 0.272. The number of hydrogen-bond acceptors (Lipinski definition) is 1. The van der Waals surface area contributed by atoms with E-state index >= 15 is 0 Å². The molecule has 0 saturated heterocycles. The average molecular weight is 187 g/mol. The van der Waals surface area contributed by atoms with Crippen molar-refractivity contribution < 1.29 is 4.74 Å². The number of fused-ring (bicyclic) bond motifs is 1. The van der Waals surface area contributed by atoms with Gasteiger partial charge in [-0.3, -0.25) is 0 Å². The van der Waals surface area contributed by atoms with Gasteiger partial charge in [-0.1, -0.05) is 18.2 Å². The highest BCUT2D eigenvalue weighted by atomic mass is 16.5. The predicted octanol–water partition coefficient (Wildman–Crippen LogP) is 3.18. The molecule has 0 radical (unpaired) electrons. The van der Waals surface area contributed by atoms with Crippen LogP contribution in [0, 0.1) is 0 Å². The first-order chi connectivity index (χ1) is 6.90. The Hall–Kier alpha value is -1.70. The van der Waals surface area contributed by atoms with Gasteiger partial charge in [0.15, 0.2) is 0 Å². The van der Waals surface area contributed by atoms with Crippen molar-refractivity contribution in [2.24, 2.45) is 0 Å². The standard InChI is InChI=1S/C12H13NO/c1-2-14-8-7-11-9-10-5-3-4-6-12(10)13-11/h3-9,13H,2H2,1H3. The molecule has 0 saturated carbocycles. The molecule has 0 unspecified atom stereocenters. The smallest absolute Gasteiger partial charge is 0.0849 e. The lowest BCUT2D eigenvalue weighted by Gasteiger charge is -1.90. The lowest BCUT2D eigenvalue weighted by Crippen LogP contribution is -1.76. The number of ether oxygens (including phenoxy) is 1. The number of aromatic amines is 1. The number of benzene rings is 1. The van der Waals surface area contributed by atoms with Gasteiger partial charge in [-0.05, 0) is 30.5 Å². The highest BCUT2D eigenvalue weighted by molar-refractivity contribution is 5.82. The minimum atomic E-state index is 0.705. The first kappa shape index (κ1) is 8.88. The van der Waals surface area contributed by atoms with E-state index in [0.29, 0.717) is 6.61 Å². The van der Waals surface area contributed by atoms with Crippen molar-refractivity contribution >= 4 is 17.0 Å². The van der Waals surface area contributed by atoms with Crippen LogP contribution in [-0.4, -0.2) is 11.6 Å². The van der Waals surface area contributed by atoms with E-state index in [1.165, 1.54) is 5.39 Å². The summed E-state index contributed by atoms with van der Waals surface area (Å²) in [5, 5.41) is 1.23. The maximum absolute atomic E-state index is 5.13. The molecule has 2 heteroatoms. The highest BCUT2D eigenvalue weighted by Gasteiger charge is 1.95. The Morgan fingerprint density at radius 2 is 2.21 bits per heavy atom. The summed E-state index contributed by atoms with van der Waals surface area (Å²) in [7, 11) is 0. The van der Waals surface area contributed by atoms with E-state index in [0.717, 1.165) is 11.2 Å². The zero-order chi connectivity index (χ0) is 9.80. The van der Waals surface area contributed by atoms with Gasteiger partial charge in [0.25, 0.3) is 0 Å². The van der Waals surface area contributed by atoms with E-state index in [4.69, 9.17) is 4.74 Å². The quantitative estimate of drug-likeness (QED) is 0.733. The van der Waals surface area contributed by atoms with Crippen LogP contribution in [0.1, 0.15) is 12.6 Å². The summed E-state index contributed by atoms with van der Waals surface area (Å²) in [6.45, 7) is 2.67. The molecule has 2 rings (SSSR count). The SMILES string of the molecule is CCOC=Cc1cc2ccccc2[nH]1. The Bertz CT molecular complexity index is 409. The molecule has 1 aromatic heterocycles. The van der Waals surface area contributed by atoms with E-state index in [9.17, 15) is 0 Å². The number of nitrogens with one attached hydrogen (secondary N) is 1. The molecular formula is C12H13NO. The van der Waals surface area contributed by atoms with E-state index in [2.05, 4.69) is 23.2 Å². The van der Waals surface area contributed by atoms with Gasteiger partial charge in [-0.2, -0.15) is 0 Å². The Kier molecular flexibility index (Phi) is 2.54. The number of H-pyrrole nitrogens is 1. The minimum Gasteiger partial charge on any atom is -0.501 e. The molecule has 72 valence electrons. The maximum Gasteiger partial charge on any atom is 0.0849 e. The number of aromatic nitrogens is 1. The fraction of sp³-hybridized carbons (Fsp3) is 0.167. The second-order valence-corrected chi connectivity index (χ2v) is 3.07. The topological polar surface area (TPSA) is 25.0 Å². The third-order valence-corrected chi connectivity index (χ3v) is 2.06. The first-order valence-electron chi connectivity index (χ1n) is 4.76. The molecule has 0 amide bonds. The summed E-state index contributed by atoms with van der Waals surface area (Å²) in [6, 6.07) is 10.3. The van der Waals surface area contributed by atoms with Gasteiger partial charge in [-0.15, -0.1) is 0 Å². The van der Waals surface area contributed by atoms with Crippen LogP contribution in [0.3, 0.4) is 0 Å². The molecule has 0 fully saturated rings. The van der Waals surface area contributed by atoms with Gasteiger partial charge in [0.1, 0.15) is 0 Å². The number of rotatable bonds is 3. The van der Waals surface area contributed by atoms with Crippen molar-refractivity contribution in [1.29, 1.82) is 0 Å². The molecule has 1 N–H and O–H groups in total. The summed E-state index contributed by atoms with van der Waals surface area (Å²) in [5.41, 5.74) is 2.23. The molecule has 2 aromatic rings. The largest absolute Gasteiger partial charge is 0.501 e. The minimum absolute atomic E-state index is 0.705. The lowest BCUT2D eigenvalue weighted by atomic mass is 10.2. The average Bonchev–Trinajstić information content (AvgIpc) is 2.60. The normalized spacial score (nSPS) is 11.2. The summed E-state index contributed by atoms with van der Waals surface area (Å²) in [6.07, 6.45) is 3.65. The van der Waals surface area contributed by atoms with Crippen LogP contribution in [-0.2, 0) is 4.74 Å². The van der Waals surface area contributed by atoms with Crippen molar-refractivity contribution in [2.45, 2.75) is 6.92 Å². The second-order valence-electron chi connectivity index (χ2n) is 3.07. The molecule has 1 heterocycles. The first-order valence-corrected chi connectivity index (χ1v) is 4.76. The van der Waals surface area contributed by atoms with Crippen molar-refractivity contribution in [1.82, 2.24) is 4.98 Å². The monoisotopic (exact) mass is 187 g/mol. The van der Waals surface area contributed by atoms with Crippen molar-refractivity contribution in [3.63, 3.8) is 0 Å². The Balaban J connectivity index is 2.27. The molecule has 0 spiro atoms. The van der Waals surface area contributed by atoms with Crippen molar-refractivity contribution in [2.75, 3.05) is 6.61 Å². The molecule has 0 bridgehead atoms. The van der Waals surface area contributed by atoms with Crippen LogP contribution in [0.2, 0.25) is 0 Å². The van der Waals surface area contributed by atoms with Crippen LogP contribution < -0.4 is 0 Å². The third-order valence-electron chi connectivity index (χ3n) is 2.06. The van der Waals surface area contributed by atoms with Crippen molar-refractivity contribution in [3.05, 3.63) is 42.3 Å². The summed E-state index contributed by atoms with van der Waals surface area (Å²) in [4.78, 5) is 3.29. The third kappa shape index (κ3) is 1.79. The molecule has 0 aliphatic heterocycles. The van der Waals surface area contributed by atoms with Crippen LogP contribution in [0.5, 0.6) is 0 Å². The van der Waals surface area contributed by atoms with E-state index in [-0.39, 0.29) is 0 Å². The second kappa shape index (κ2) is 4.01. The van der Waals surface area contributed by atoms with Gasteiger partial charge in [0, 0.05) is 11.2 Å². The van der Waals surface area contributed by atoms with Gasteiger partial charge in [-0.25, -0.2) is 0 Å². The maximum atomic E-state index is 5.13. The fourth-order valence-electron chi connectivity index (χ4n) is 1.40. The summed E-state index contributed by atoms with van der Waals surface area (Å²) >= 11 is 0. The molecule has 0 atom stereocenters. The molecule has 1 aromatic carbocycles. The van der Waals surface area contributed by atoms with E-state index in [1.807, 2.05) is 25.1 Å². The summed E-state index contributed by atoms with van der Waals surface area (Å²) in [5.74, 6) is 0. The Morgan fingerprint density at radius 1 is 1.36 bits per heavy atom.